The minimum absolute atomic E-state index is 0.157. The predicted molar refractivity (Wildman–Crippen MR) is 67.0 cm³/mol. The number of hydrogen-bond acceptors (Lipinski definition) is 2. The van der Waals surface area contributed by atoms with Gasteiger partial charge in [0.1, 0.15) is 0 Å². The number of nitrogens with zero attached hydrogens (tertiary/aromatic N) is 1. The summed E-state index contributed by atoms with van der Waals surface area (Å²) in [6, 6.07) is 0. The summed E-state index contributed by atoms with van der Waals surface area (Å²) in [5.41, 5.74) is 2.31. The molecule has 1 saturated carbocycles. The van der Waals surface area contributed by atoms with Crippen LogP contribution in [0.4, 0.5) is 0 Å². The van der Waals surface area contributed by atoms with Crippen molar-refractivity contribution in [3.05, 3.63) is 11.7 Å². The molecule has 1 aliphatic rings. The molecule has 0 aliphatic heterocycles. The van der Waals surface area contributed by atoms with Crippen LogP contribution in [0, 0.1) is 0 Å². The van der Waals surface area contributed by atoms with Gasteiger partial charge in [-0.25, -0.2) is 0 Å². The highest BCUT2D eigenvalue weighted by Gasteiger charge is 2.25. The van der Waals surface area contributed by atoms with Gasteiger partial charge < -0.3 is 4.74 Å². The predicted octanol–water partition coefficient (Wildman–Crippen LogP) is 3.50. The molecule has 0 saturated heterocycles. The van der Waals surface area contributed by atoms with E-state index in [1.165, 1.54) is 32.1 Å². The van der Waals surface area contributed by atoms with Crippen LogP contribution in [0.2, 0.25) is 0 Å². The second kappa shape index (κ2) is 4.74. The number of ether oxygens (including phenoxy) is 1. The van der Waals surface area contributed by atoms with Gasteiger partial charge >= 0.3 is 0 Å². The summed E-state index contributed by atoms with van der Waals surface area (Å²) in [7, 11) is 0. The van der Waals surface area contributed by atoms with Crippen LogP contribution >= 0.6 is 11.3 Å². The fourth-order valence-corrected chi connectivity index (χ4v) is 3.00. The van der Waals surface area contributed by atoms with Crippen molar-refractivity contribution in [1.82, 2.24) is 0 Å². The summed E-state index contributed by atoms with van der Waals surface area (Å²) in [6.45, 7) is 6.64. The first kappa shape index (κ1) is 11.9. The molecule has 0 radical (unpaired) electrons. The molecule has 1 aromatic rings. The molecule has 0 amide bonds. The van der Waals surface area contributed by atoms with Crippen LogP contribution in [0.15, 0.2) is 11.7 Å². The van der Waals surface area contributed by atoms with E-state index in [-0.39, 0.29) is 5.54 Å². The van der Waals surface area contributed by atoms with E-state index >= 15 is 0 Å². The highest BCUT2D eigenvalue weighted by atomic mass is 32.1. The van der Waals surface area contributed by atoms with Crippen LogP contribution in [0.25, 0.3) is 0 Å². The lowest BCUT2D eigenvalue weighted by Gasteiger charge is -2.21. The monoisotopic (exact) mass is 240 g/mol. The molecule has 16 heavy (non-hydrogen) atoms. The summed E-state index contributed by atoms with van der Waals surface area (Å²) in [4.78, 5) is 0. The van der Waals surface area contributed by atoms with Crippen molar-refractivity contribution >= 4 is 11.3 Å². The van der Waals surface area contributed by atoms with E-state index < -0.39 is 0 Å². The first-order valence-electron chi connectivity index (χ1n) is 6.22. The van der Waals surface area contributed by atoms with E-state index in [2.05, 4.69) is 37.0 Å². The molecule has 0 unspecified atom stereocenters. The van der Waals surface area contributed by atoms with Crippen LogP contribution in [-0.2, 0) is 5.54 Å². The van der Waals surface area contributed by atoms with Crippen LogP contribution in [0.5, 0.6) is 5.06 Å². The zero-order valence-corrected chi connectivity index (χ0v) is 11.3. The Kier molecular flexibility index (Phi) is 3.53. The molecule has 0 spiro atoms. The van der Waals surface area contributed by atoms with Crippen molar-refractivity contribution in [3.8, 4) is 5.06 Å². The Morgan fingerprint density at radius 1 is 1.25 bits per heavy atom. The van der Waals surface area contributed by atoms with Gasteiger partial charge in [-0.1, -0.05) is 6.42 Å². The molecular weight excluding hydrogens is 218 g/mol. The van der Waals surface area contributed by atoms with Gasteiger partial charge in [-0.3, -0.25) is 0 Å². The lowest BCUT2D eigenvalue weighted by Crippen LogP contribution is -2.47. The minimum atomic E-state index is 0.157. The van der Waals surface area contributed by atoms with Crippen molar-refractivity contribution in [2.75, 3.05) is 0 Å². The van der Waals surface area contributed by atoms with Gasteiger partial charge in [-0.05, 0) is 37.0 Å². The van der Waals surface area contributed by atoms with Gasteiger partial charge in [0.15, 0.2) is 5.54 Å². The molecule has 2 nitrogen and oxygen atoms in total. The number of thiazole rings is 1. The van der Waals surface area contributed by atoms with E-state index in [4.69, 9.17) is 4.74 Å². The normalized spacial score (nSPS) is 18.7. The molecule has 2 rings (SSSR count). The molecular formula is C13H22NOS+. The number of rotatable bonds is 2. The smallest absolute Gasteiger partial charge is 0.245 e. The Hall–Kier alpha value is -0.570. The Labute approximate surface area is 102 Å². The van der Waals surface area contributed by atoms with E-state index in [9.17, 15) is 0 Å². The standard InChI is InChI=1S/C13H22NOS/c1-13(2,3)14-9-12(16-10-14)15-11-7-5-4-6-8-11/h9-11H,4-8H2,1-3H3/q+1. The second-order valence-corrected chi connectivity index (χ2v) is 6.48. The quantitative estimate of drug-likeness (QED) is 0.721. The van der Waals surface area contributed by atoms with Gasteiger partial charge in [0.05, 0.1) is 6.10 Å². The molecule has 1 aromatic heterocycles. The summed E-state index contributed by atoms with van der Waals surface area (Å²) >= 11 is 1.71. The zero-order valence-electron chi connectivity index (χ0n) is 10.5. The summed E-state index contributed by atoms with van der Waals surface area (Å²) in [5, 5.41) is 1.07. The first-order valence-corrected chi connectivity index (χ1v) is 7.10. The summed E-state index contributed by atoms with van der Waals surface area (Å²) in [5.74, 6) is 0. The molecule has 1 fully saturated rings. The van der Waals surface area contributed by atoms with Crippen molar-refractivity contribution in [2.45, 2.75) is 64.5 Å². The SMILES string of the molecule is CC(C)(C)[n+]1csc(OC2CCCCC2)c1. The molecule has 0 bridgehead atoms. The first-order chi connectivity index (χ1) is 7.55. The maximum absolute atomic E-state index is 6.03. The molecule has 0 atom stereocenters. The highest BCUT2D eigenvalue weighted by molar-refractivity contribution is 7.11. The lowest BCUT2D eigenvalue weighted by atomic mass is 9.98. The Morgan fingerprint density at radius 3 is 2.50 bits per heavy atom. The molecule has 1 heterocycles. The van der Waals surface area contributed by atoms with Crippen molar-refractivity contribution < 1.29 is 9.30 Å². The average Bonchev–Trinajstić information content (AvgIpc) is 2.67. The van der Waals surface area contributed by atoms with Crippen molar-refractivity contribution in [3.63, 3.8) is 0 Å². The summed E-state index contributed by atoms with van der Waals surface area (Å²) < 4.78 is 8.26. The average molecular weight is 240 g/mol. The van der Waals surface area contributed by atoms with E-state index in [1.54, 1.807) is 11.3 Å². The van der Waals surface area contributed by atoms with Crippen LogP contribution in [-0.4, -0.2) is 6.10 Å². The zero-order chi connectivity index (χ0) is 11.6. The van der Waals surface area contributed by atoms with E-state index in [0.29, 0.717) is 6.10 Å². The largest absolute Gasteiger partial charge is 0.476 e. The Bertz CT molecular complexity index is 334. The van der Waals surface area contributed by atoms with Crippen LogP contribution in [0.1, 0.15) is 52.9 Å². The van der Waals surface area contributed by atoms with E-state index in [0.717, 1.165) is 5.06 Å². The summed E-state index contributed by atoms with van der Waals surface area (Å²) in [6.07, 6.45) is 9.10. The third-order valence-electron chi connectivity index (χ3n) is 3.14. The van der Waals surface area contributed by atoms with Gasteiger partial charge in [-0.2, -0.15) is 4.57 Å². The van der Waals surface area contributed by atoms with Crippen molar-refractivity contribution in [2.24, 2.45) is 0 Å². The molecule has 90 valence electrons. The molecule has 0 N–H and O–H groups in total. The third kappa shape index (κ3) is 2.97. The lowest BCUT2D eigenvalue weighted by molar-refractivity contribution is -0.750. The Balaban J connectivity index is 1.97. The molecule has 3 heteroatoms. The molecule has 0 aromatic carbocycles. The fourth-order valence-electron chi connectivity index (χ4n) is 2.04. The Morgan fingerprint density at radius 2 is 1.94 bits per heavy atom. The maximum Gasteiger partial charge on any atom is 0.245 e. The highest BCUT2D eigenvalue weighted by Crippen LogP contribution is 2.25. The van der Waals surface area contributed by atoms with Crippen molar-refractivity contribution in [1.29, 1.82) is 0 Å². The second-order valence-electron chi connectivity index (χ2n) is 5.63. The van der Waals surface area contributed by atoms with Gasteiger partial charge in [0, 0.05) is 20.8 Å². The fraction of sp³-hybridized carbons (Fsp3) is 0.769. The van der Waals surface area contributed by atoms with Gasteiger partial charge in [-0.15, -0.1) is 0 Å². The molecule has 1 aliphatic carbocycles. The van der Waals surface area contributed by atoms with Crippen LogP contribution < -0.4 is 9.30 Å². The van der Waals surface area contributed by atoms with Gasteiger partial charge in [0.25, 0.3) is 0 Å². The van der Waals surface area contributed by atoms with E-state index in [1.807, 2.05) is 0 Å². The topological polar surface area (TPSA) is 13.1 Å². The van der Waals surface area contributed by atoms with Crippen LogP contribution in [0.3, 0.4) is 0 Å². The number of aromatic nitrogens is 1. The minimum Gasteiger partial charge on any atom is -0.476 e. The number of hydrogen-bond donors (Lipinski definition) is 0. The third-order valence-corrected chi connectivity index (χ3v) is 3.90. The maximum atomic E-state index is 6.03. The van der Waals surface area contributed by atoms with Gasteiger partial charge in [0.2, 0.25) is 16.8 Å².